The molecule has 2 fully saturated rings. The second-order valence-electron chi connectivity index (χ2n) is 6.37. The standard InChI is InChI=1S/C17H24FNO/c1-13-5-6-14(11-16(13)18)19-12-15-7-10-17(20-15)8-3-2-4-9-17/h5-6,11,15,19H,2-4,7-10,12H2,1H3. The number of rotatable bonds is 3. The van der Waals surface area contributed by atoms with Crippen LogP contribution in [0.3, 0.4) is 0 Å². The Morgan fingerprint density at radius 2 is 2.05 bits per heavy atom. The zero-order chi connectivity index (χ0) is 14.0. The fraction of sp³-hybridized carbons (Fsp3) is 0.647. The SMILES string of the molecule is Cc1ccc(NCC2CCC3(CCCCC3)O2)cc1F. The lowest BCUT2D eigenvalue weighted by Crippen LogP contribution is -2.33. The largest absolute Gasteiger partial charge is 0.382 e. The summed E-state index contributed by atoms with van der Waals surface area (Å²) >= 11 is 0. The van der Waals surface area contributed by atoms with E-state index in [0.717, 1.165) is 18.7 Å². The highest BCUT2D eigenvalue weighted by Gasteiger charge is 2.40. The quantitative estimate of drug-likeness (QED) is 0.882. The van der Waals surface area contributed by atoms with Crippen LogP contribution in [-0.2, 0) is 4.74 Å². The molecule has 1 aliphatic carbocycles. The van der Waals surface area contributed by atoms with Crippen molar-refractivity contribution in [3.8, 4) is 0 Å². The van der Waals surface area contributed by atoms with Crippen LogP contribution >= 0.6 is 0 Å². The minimum absolute atomic E-state index is 0.147. The predicted molar refractivity (Wildman–Crippen MR) is 79.5 cm³/mol. The van der Waals surface area contributed by atoms with E-state index >= 15 is 0 Å². The summed E-state index contributed by atoms with van der Waals surface area (Å²) in [5.41, 5.74) is 1.71. The number of benzene rings is 1. The molecule has 1 saturated carbocycles. The molecule has 0 aromatic heterocycles. The van der Waals surface area contributed by atoms with Crippen LogP contribution < -0.4 is 5.32 Å². The van der Waals surface area contributed by atoms with Gasteiger partial charge < -0.3 is 10.1 Å². The van der Waals surface area contributed by atoms with Gasteiger partial charge in [-0.15, -0.1) is 0 Å². The summed E-state index contributed by atoms with van der Waals surface area (Å²) in [6.07, 6.45) is 9.02. The first kappa shape index (κ1) is 13.9. The Hall–Kier alpha value is -1.09. The van der Waals surface area contributed by atoms with Crippen LogP contribution in [0.5, 0.6) is 0 Å². The van der Waals surface area contributed by atoms with Crippen LogP contribution in [0.15, 0.2) is 18.2 Å². The summed E-state index contributed by atoms with van der Waals surface area (Å²) in [6.45, 7) is 2.57. The molecule has 2 nitrogen and oxygen atoms in total. The van der Waals surface area contributed by atoms with Crippen molar-refractivity contribution in [1.29, 1.82) is 0 Å². The molecule has 3 heteroatoms. The molecule has 110 valence electrons. The molecule has 20 heavy (non-hydrogen) atoms. The maximum Gasteiger partial charge on any atom is 0.128 e. The van der Waals surface area contributed by atoms with Gasteiger partial charge in [0.15, 0.2) is 0 Å². The minimum Gasteiger partial charge on any atom is -0.382 e. The Morgan fingerprint density at radius 3 is 2.80 bits per heavy atom. The van der Waals surface area contributed by atoms with E-state index in [1.54, 1.807) is 13.0 Å². The summed E-state index contributed by atoms with van der Waals surface area (Å²) in [5, 5.41) is 3.31. The summed E-state index contributed by atoms with van der Waals surface area (Å²) in [7, 11) is 0. The third kappa shape index (κ3) is 2.98. The molecule has 0 amide bonds. The van der Waals surface area contributed by atoms with Gasteiger partial charge in [-0.2, -0.15) is 0 Å². The molecule has 1 atom stereocenters. The lowest BCUT2D eigenvalue weighted by atomic mass is 9.83. The molecule has 1 saturated heterocycles. The highest BCUT2D eigenvalue weighted by molar-refractivity contribution is 5.45. The average molecular weight is 277 g/mol. The van der Waals surface area contributed by atoms with Crippen LogP contribution in [-0.4, -0.2) is 18.2 Å². The van der Waals surface area contributed by atoms with E-state index in [1.165, 1.54) is 38.5 Å². The normalized spacial score (nSPS) is 25.0. The number of nitrogens with one attached hydrogen (secondary N) is 1. The molecule has 2 aliphatic rings. The van der Waals surface area contributed by atoms with Gasteiger partial charge in [-0.05, 0) is 50.3 Å². The summed E-state index contributed by atoms with van der Waals surface area (Å²) in [5.74, 6) is -0.147. The topological polar surface area (TPSA) is 21.3 Å². The van der Waals surface area contributed by atoms with Crippen molar-refractivity contribution in [1.82, 2.24) is 0 Å². The fourth-order valence-corrected chi connectivity index (χ4v) is 3.54. The fourth-order valence-electron chi connectivity index (χ4n) is 3.54. The van der Waals surface area contributed by atoms with Crippen molar-refractivity contribution in [3.63, 3.8) is 0 Å². The van der Waals surface area contributed by atoms with Crippen molar-refractivity contribution in [2.45, 2.75) is 63.6 Å². The Bertz CT molecular complexity index is 468. The van der Waals surface area contributed by atoms with Gasteiger partial charge in [-0.1, -0.05) is 25.3 Å². The van der Waals surface area contributed by atoms with Crippen molar-refractivity contribution >= 4 is 5.69 Å². The van der Waals surface area contributed by atoms with Gasteiger partial charge in [0.2, 0.25) is 0 Å². The van der Waals surface area contributed by atoms with E-state index in [2.05, 4.69) is 5.32 Å². The van der Waals surface area contributed by atoms with Gasteiger partial charge in [0.1, 0.15) is 5.82 Å². The maximum atomic E-state index is 13.5. The van der Waals surface area contributed by atoms with Gasteiger partial charge >= 0.3 is 0 Å². The Kier molecular flexibility index (Phi) is 3.97. The summed E-state index contributed by atoms with van der Waals surface area (Å²) in [6, 6.07) is 5.32. The molecule has 1 heterocycles. The molecule has 0 radical (unpaired) electrons. The highest BCUT2D eigenvalue weighted by atomic mass is 19.1. The number of anilines is 1. The van der Waals surface area contributed by atoms with Crippen LogP contribution in [0.4, 0.5) is 10.1 Å². The molecule has 0 bridgehead atoms. The van der Waals surface area contributed by atoms with Gasteiger partial charge in [-0.25, -0.2) is 4.39 Å². The van der Waals surface area contributed by atoms with Crippen molar-refractivity contribution in [2.75, 3.05) is 11.9 Å². The van der Waals surface area contributed by atoms with E-state index in [4.69, 9.17) is 4.74 Å². The second kappa shape index (κ2) is 5.72. The molecular formula is C17H24FNO. The van der Waals surface area contributed by atoms with Crippen LogP contribution in [0.1, 0.15) is 50.5 Å². The molecule has 1 aliphatic heterocycles. The van der Waals surface area contributed by atoms with Crippen molar-refractivity contribution in [3.05, 3.63) is 29.6 Å². The van der Waals surface area contributed by atoms with E-state index in [9.17, 15) is 4.39 Å². The second-order valence-corrected chi connectivity index (χ2v) is 6.37. The van der Waals surface area contributed by atoms with Crippen molar-refractivity contribution < 1.29 is 9.13 Å². The van der Waals surface area contributed by atoms with Gasteiger partial charge in [0, 0.05) is 12.2 Å². The van der Waals surface area contributed by atoms with Gasteiger partial charge in [0.05, 0.1) is 11.7 Å². The van der Waals surface area contributed by atoms with Crippen molar-refractivity contribution in [2.24, 2.45) is 0 Å². The third-order valence-electron chi connectivity index (χ3n) is 4.81. The van der Waals surface area contributed by atoms with E-state index < -0.39 is 0 Å². The Balaban J connectivity index is 1.53. The third-order valence-corrected chi connectivity index (χ3v) is 4.81. The number of hydrogen-bond donors (Lipinski definition) is 1. The molecule has 1 unspecified atom stereocenters. The van der Waals surface area contributed by atoms with E-state index in [1.807, 2.05) is 12.1 Å². The first-order valence-electron chi connectivity index (χ1n) is 7.85. The molecular weight excluding hydrogens is 253 g/mol. The number of halogens is 1. The molecule has 1 spiro atoms. The van der Waals surface area contributed by atoms with Gasteiger partial charge in [0.25, 0.3) is 0 Å². The molecule has 1 aromatic carbocycles. The molecule has 3 rings (SSSR count). The van der Waals surface area contributed by atoms with Crippen LogP contribution in [0.25, 0.3) is 0 Å². The predicted octanol–water partition coefficient (Wildman–Crippen LogP) is 4.43. The summed E-state index contributed by atoms with van der Waals surface area (Å²) in [4.78, 5) is 0. The average Bonchev–Trinajstić information content (AvgIpc) is 2.84. The lowest BCUT2D eigenvalue weighted by molar-refractivity contribution is -0.0588. The van der Waals surface area contributed by atoms with E-state index in [-0.39, 0.29) is 17.5 Å². The Labute approximate surface area is 120 Å². The number of ether oxygens (including phenoxy) is 1. The van der Waals surface area contributed by atoms with Crippen LogP contribution in [0.2, 0.25) is 0 Å². The first-order valence-corrected chi connectivity index (χ1v) is 7.85. The summed E-state index contributed by atoms with van der Waals surface area (Å²) < 4.78 is 19.8. The zero-order valence-electron chi connectivity index (χ0n) is 12.3. The molecule has 1 N–H and O–H groups in total. The van der Waals surface area contributed by atoms with Crippen LogP contribution in [0, 0.1) is 12.7 Å². The monoisotopic (exact) mass is 277 g/mol. The number of aryl methyl sites for hydroxylation is 1. The maximum absolute atomic E-state index is 13.5. The Morgan fingerprint density at radius 1 is 1.25 bits per heavy atom. The smallest absolute Gasteiger partial charge is 0.128 e. The molecule has 1 aromatic rings. The van der Waals surface area contributed by atoms with Gasteiger partial charge in [-0.3, -0.25) is 0 Å². The highest BCUT2D eigenvalue weighted by Crippen LogP contribution is 2.41. The van der Waals surface area contributed by atoms with E-state index in [0.29, 0.717) is 5.56 Å². The zero-order valence-corrected chi connectivity index (χ0v) is 12.3. The minimum atomic E-state index is -0.147. The lowest BCUT2D eigenvalue weighted by Gasteiger charge is -2.33. The first-order chi connectivity index (χ1) is 9.67. The number of hydrogen-bond acceptors (Lipinski definition) is 2.